The number of hydrogen-bond donors (Lipinski definition) is 3. The van der Waals surface area contributed by atoms with Gasteiger partial charge in [0.05, 0.1) is 47.6 Å². The molecule has 3 aliphatic rings. The Morgan fingerprint density at radius 3 is 1.94 bits per heavy atom. The van der Waals surface area contributed by atoms with Gasteiger partial charge in [0.1, 0.15) is 29.7 Å². The molecule has 3 saturated heterocycles. The molecule has 0 saturated carbocycles. The van der Waals surface area contributed by atoms with Gasteiger partial charge in [-0.15, -0.1) is 0 Å². The highest BCUT2D eigenvalue weighted by Gasteiger charge is 2.54. The molecule has 14 heteroatoms. The molecule has 0 radical (unpaired) electrons. The first kappa shape index (κ1) is 46.1. The van der Waals surface area contributed by atoms with Crippen LogP contribution < -0.4 is 0 Å². The van der Waals surface area contributed by atoms with Crippen LogP contribution in [0.2, 0.25) is 0 Å². The number of nitrogens with zero attached hydrogens (tertiary/aromatic N) is 1. The first-order valence-electron chi connectivity index (χ1n) is 19.3. The third kappa shape index (κ3) is 9.64. The number of carbonyl (C=O) groups is 2. The van der Waals surface area contributed by atoms with E-state index in [2.05, 4.69) is 0 Å². The maximum absolute atomic E-state index is 14.3. The first-order valence-corrected chi connectivity index (χ1v) is 19.3. The number of ketones is 1. The second-order valence-electron chi connectivity index (χ2n) is 16.8. The fraction of sp³-hybridized carbons (Fsp3) is 0.949. The average molecular weight is 762 g/mol. The molecule has 3 unspecified atom stereocenters. The topological polar surface area (TPSA) is 172 Å². The van der Waals surface area contributed by atoms with Crippen LogP contribution in [0.5, 0.6) is 0 Å². The van der Waals surface area contributed by atoms with Crippen LogP contribution in [0.4, 0.5) is 0 Å². The SMILES string of the molecule is CC[C@H]1OC(=O)[C@H](C)[C@@H](O[C@H]2C[C@](C)(OC)[C@@H](O)C(C)O2)[C@H](C)[C@@H](O[C@@H]2OC(C)C[C@@H](N(C)C)C2O)[C@](C)(OC)C[C@@H](C)C(=O)[C@H](C)[C@@H](O)[C@]1(C)OC. The van der Waals surface area contributed by atoms with Gasteiger partial charge in [-0.1, -0.05) is 27.7 Å². The zero-order chi connectivity index (χ0) is 40.4. The molecule has 3 fully saturated rings. The number of rotatable bonds is 9. The molecule has 14 nitrogen and oxygen atoms in total. The van der Waals surface area contributed by atoms with Crippen molar-refractivity contribution in [1.29, 1.82) is 0 Å². The van der Waals surface area contributed by atoms with Gasteiger partial charge < -0.3 is 58.1 Å². The standard InChI is InChI=1S/C39H71NO13/c1-16-27-39(10,48-15)32(43)22(4)29(41)20(2)18-38(9,47-14)34(53-36-30(42)26(40(11)12)17-21(3)49-36)23(5)31(24(6)35(45)51-27)52-28-19-37(8,46-13)33(44)25(7)50-28/h20-28,30-34,36,42-44H,16-19H2,1-15H3/t20-,21?,22+,23+,24-,25?,26-,27-,28+,30?,31+,32-,33+,34-,36+,37+,38-,39-/m1/s1. The smallest absolute Gasteiger partial charge is 0.311 e. The highest BCUT2D eigenvalue weighted by molar-refractivity contribution is 5.83. The second-order valence-corrected chi connectivity index (χ2v) is 16.8. The number of cyclic esters (lactones) is 1. The van der Waals surface area contributed by atoms with Crippen LogP contribution >= 0.6 is 0 Å². The lowest BCUT2D eigenvalue weighted by Gasteiger charge is -2.50. The Balaban J connectivity index is 2.24. The molecule has 0 aromatic carbocycles. The van der Waals surface area contributed by atoms with E-state index in [1.807, 2.05) is 46.7 Å². The number of hydrogen-bond acceptors (Lipinski definition) is 14. The minimum atomic E-state index is -1.42. The van der Waals surface area contributed by atoms with Crippen molar-refractivity contribution >= 4 is 11.8 Å². The van der Waals surface area contributed by atoms with E-state index < -0.39 is 102 Å². The van der Waals surface area contributed by atoms with E-state index >= 15 is 0 Å². The second kappa shape index (κ2) is 18.3. The van der Waals surface area contributed by atoms with E-state index in [0.29, 0.717) is 12.8 Å². The van der Waals surface area contributed by atoms with Crippen molar-refractivity contribution < 1.29 is 62.8 Å². The highest BCUT2D eigenvalue weighted by atomic mass is 16.7. The summed E-state index contributed by atoms with van der Waals surface area (Å²) < 4.78 is 50.2. The van der Waals surface area contributed by atoms with Crippen LogP contribution in [-0.4, -0.2) is 152 Å². The van der Waals surface area contributed by atoms with Crippen molar-refractivity contribution in [1.82, 2.24) is 4.90 Å². The average Bonchev–Trinajstić information content (AvgIpc) is 3.12. The molecule has 0 aliphatic carbocycles. The minimum Gasteiger partial charge on any atom is -0.459 e. The van der Waals surface area contributed by atoms with Gasteiger partial charge in [0.15, 0.2) is 12.6 Å². The molecule has 0 bridgehead atoms. The summed E-state index contributed by atoms with van der Waals surface area (Å²) in [5.74, 6) is -4.02. The molecular weight excluding hydrogens is 690 g/mol. The van der Waals surface area contributed by atoms with E-state index in [4.69, 9.17) is 37.9 Å². The Hall–Kier alpha value is -1.30. The molecule has 0 spiro atoms. The Bertz CT molecular complexity index is 1210. The monoisotopic (exact) mass is 761 g/mol. The summed E-state index contributed by atoms with van der Waals surface area (Å²) in [6, 6.07) is -0.272. The van der Waals surface area contributed by atoms with E-state index in [1.54, 1.807) is 41.5 Å². The van der Waals surface area contributed by atoms with E-state index in [1.165, 1.54) is 21.3 Å². The van der Waals surface area contributed by atoms with Crippen molar-refractivity contribution in [2.75, 3.05) is 35.4 Å². The van der Waals surface area contributed by atoms with Crippen LogP contribution in [0.15, 0.2) is 0 Å². The molecule has 18 atom stereocenters. The summed E-state index contributed by atoms with van der Waals surface area (Å²) in [5, 5.41) is 34.3. The van der Waals surface area contributed by atoms with E-state index in [9.17, 15) is 24.9 Å². The molecule has 3 heterocycles. The number of aliphatic hydroxyl groups is 3. The lowest BCUT2D eigenvalue weighted by atomic mass is 9.73. The normalized spacial score (nSPS) is 48.3. The maximum atomic E-state index is 14.3. The number of ether oxygens (including phenoxy) is 8. The van der Waals surface area contributed by atoms with Gasteiger partial charge in [0.25, 0.3) is 0 Å². The van der Waals surface area contributed by atoms with Crippen LogP contribution in [0.1, 0.15) is 94.9 Å². The minimum absolute atomic E-state index is 0.147. The number of Topliss-reactive ketones (excluding diaryl/α,β-unsaturated/α-hetero) is 1. The number of aliphatic hydroxyl groups excluding tert-OH is 3. The molecule has 3 rings (SSSR count). The molecule has 0 aromatic rings. The lowest BCUT2D eigenvalue weighted by molar-refractivity contribution is -0.319. The van der Waals surface area contributed by atoms with Crippen LogP contribution in [-0.2, 0) is 47.5 Å². The molecule has 53 heavy (non-hydrogen) atoms. The van der Waals surface area contributed by atoms with Gasteiger partial charge in [-0.05, 0) is 74.9 Å². The first-order chi connectivity index (χ1) is 24.5. The molecule has 3 aliphatic heterocycles. The fourth-order valence-electron chi connectivity index (χ4n) is 8.82. The van der Waals surface area contributed by atoms with Crippen molar-refractivity contribution in [3.05, 3.63) is 0 Å². The third-order valence-electron chi connectivity index (χ3n) is 12.7. The highest BCUT2D eigenvalue weighted by Crippen LogP contribution is 2.42. The van der Waals surface area contributed by atoms with Gasteiger partial charge in [-0.25, -0.2) is 0 Å². The van der Waals surface area contributed by atoms with Gasteiger partial charge in [-0.3, -0.25) is 9.59 Å². The van der Waals surface area contributed by atoms with Crippen molar-refractivity contribution in [3.8, 4) is 0 Å². The summed E-state index contributed by atoms with van der Waals surface area (Å²) >= 11 is 0. The Morgan fingerprint density at radius 1 is 0.811 bits per heavy atom. The molecule has 0 aromatic heterocycles. The predicted molar refractivity (Wildman–Crippen MR) is 196 cm³/mol. The third-order valence-corrected chi connectivity index (χ3v) is 12.7. The number of methoxy groups -OCH3 is 3. The largest absolute Gasteiger partial charge is 0.459 e. The van der Waals surface area contributed by atoms with Gasteiger partial charge in [0.2, 0.25) is 0 Å². The molecule has 3 N–H and O–H groups in total. The summed E-state index contributed by atoms with van der Waals surface area (Å²) in [6.07, 6.45) is -7.89. The van der Waals surface area contributed by atoms with E-state index in [0.717, 1.165) is 0 Å². The van der Waals surface area contributed by atoms with Gasteiger partial charge >= 0.3 is 5.97 Å². The van der Waals surface area contributed by atoms with Crippen molar-refractivity contribution in [2.24, 2.45) is 23.7 Å². The summed E-state index contributed by atoms with van der Waals surface area (Å²) in [4.78, 5) is 30.4. The molecular formula is C39H71NO13. The zero-order valence-corrected chi connectivity index (χ0v) is 34.9. The Labute approximate surface area is 317 Å². The number of carbonyl (C=O) groups excluding carboxylic acids is 2. The fourth-order valence-corrected chi connectivity index (χ4v) is 8.82. The van der Waals surface area contributed by atoms with Crippen LogP contribution in [0.25, 0.3) is 0 Å². The number of likely N-dealkylation sites (N-methyl/N-ethyl adjacent to an activating group) is 1. The Morgan fingerprint density at radius 2 is 1.42 bits per heavy atom. The summed E-state index contributed by atoms with van der Waals surface area (Å²) in [7, 11) is 8.26. The van der Waals surface area contributed by atoms with Crippen LogP contribution in [0, 0.1) is 23.7 Å². The van der Waals surface area contributed by atoms with Crippen molar-refractivity contribution in [3.63, 3.8) is 0 Å². The summed E-state index contributed by atoms with van der Waals surface area (Å²) in [6.45, 7) is 17.7. The molecule has 0 amide bonds. The predicted octanol–water partition coefficient (Wildman–Crippen LogP) is 3.09. The Kier molecular flexibility index (Phi) is 15.9. The van der Waals surface area contributed by atoms with Crippen LogP contribution in [0.3, 0.4) is 0 Å². The maximum Gasteiger partial charge on any atom is 0.311 e. The van der Waals surface area contributed by atoms with Gasteiger partial charge in [0, 0.05) is 51.5 Å². The number of esters is 1. The van der Waals surface area contributed by atoms with Gasteiger partial charge in [-0.2, -0.15) is 0 Å². The van der Waals surface area contributed by atoms with E-state index in [-0.39, 0.29) is 30.8 Å². The lowest BCUT2D eigenvalue weighted by Crippen LogP contribution is -2.61. The molecule has 310 valence electrons. The van der Waals surface area contributed by atoms with Crippen molar-refractivity contribution in [2.45, 2.75) is 179 Å². The zero-order valence-electron chi connectivity index (χ0n) is 34.9. The summed E-state index contributed by atoms with van der Waals surface area (Å²) in [5.41, 5.74) is -3.66. The quantitative estimate of drug-likeness (QED) is 0.293.